The normalized spacial score (nSPS) is 17.4. The third-order valence-electron chi connectivity index (χ3n) is 2.63. The molecule has 2 amide bonds. The van der Waals surface area contributed by atoms with E-state index in [4.69, 9.17) is 0 Å². The molecule has 0 aromatic heterocycles. The smallest absolute Gasteiger partial charge is 0.228 e. The topological polar surface area (TPSA) is 58.2 Å². The molecule has 0 saturated carbocycles. The number of hydrogen-bond donors (Lipinski definition) is 2. The number of fused-ring (bicyclic) bond motifs is 3. The zero-order valence-electron chi connectivity index (χ0n) is 7.39. The summed E-state index contributed by atoms with van der Waals surface area (Å²) < 4.78 is 0. The Kier molecular flexibility index (Phi) is 1.27. The summed E-state index contributed by atoms with van der Waals surface area (Å²) in [6.07, 6.45) is 0.801. The van der Waals surface area contributed by atoms with Crippen molar-refractivity contribution in [3.05, 3.63) is 23.3 Å². The van der Waals surface area contributed by atoms with Gasteiger partial charge in [0, 0.05) is 11.3 Å². The fourth-order valence-electron chi connectivity index (χ4n) is 2.01. The van der Waals surface area contributed by atoms with Crippen molar-refractivity contribution < 1.29 is 9.59 Å². The van der Waals surface area contributed by atoms with Crippen molar-refractivity contribution in [2.24, 2.45) is 0 Å². The maximum atomic E-state index is 11.2. The summed E-state index contributed by atoms with van der Waals surface area (Å²) in [6, 6.07) is 3.75. The summed E-state index contributed by atoms with van der Waals surface area (Å²) in [4.78, 5) is 22.3. The van der Waals surface area contributed by atoms with Gasteiger partial charge in [-0.05, 0) is 11.6 Å². The molecule has 1 aromatic carbocycles. The van der Waals surface area contributed by atoms with E-state index in [0.29, 0.717) is 12.8 Å². The average molecular weight is 188 g/mol. The number of nitrogens with one attached hydrogen (secondary N) is 2. The molecule has 0 fully saturated rings. The van der Waals surface area contributed by atoms with Crippen LogP contribution in [0.3, 0.4) is 0 Å². The lowest BCUT2D eigenvalue weighted by molar-refractivity contribution is -0.116. The number of benzene rings is 1. The third kappa shape index (κ3) is 0.878. The Bertz CT molecular complexity index is 422. The van der Waals surface area contributed by atoms with Crippen LogP contribution >= 0.6 is 0 Å². The summed E-state index contributed by atoms with van der Waals surface area (Å²) in [5.41, 5.74) is 3.59. The molecule has 0 saturated heterocycles. The van der Waals surface area contributed by atoms with Gasteiger partial charge in [-0.2, -0.15) is 0 Å². The highest BCUT2D eigenvalue weighted by atomic mass is 16.2. The van der Waals surface area contributed by atoms with Gasteiger partial charge in [0.1, 0.15) is 0 Å². The number of rotatable bonds is 0. The molecule has 0 aliphatic carbocycles. The van der Waals surface area contributed by atoms with Crippen molar-refractivity contribution in [3.8, 4) is 0 Å². The van der Waals surface area contributed by atoms with Gasteiger partial charge in [-0.25, -0.2) is 0 Å². The van der Waals surface area contributed by atoms with Crippen molar-refractivity contribution in [2.45, 2.75) is 12.8 Å². The summed E-state index contributed by atoms with van der Waals surface area (Å²) in [7, 11) is 0. The summed E-state index contributed by atoms with van der Waals surface area (Å²) >= 11 is 0. The molecule has 3 rings (SSSR count). The second-order valence-electron chi connectivity index (χ2n) is 3.58. The molecule has 4 nitrogen and oxygen atoms in total. The van der Waals surface area contributed by atoms with Crippen LogP contribution in [-0.2, 0) is 22.4 Å². The number of anilines is 2. The predicted octanol–water partition coefficient (Wildman–Crippen LogP) is 0.676. The van der Waals surface area contributed by atoms with E-state index < -0.39 is 0 Å². The van der Waals surface area contributed by atoms with E-state index in [1.54, 1.807) is 0 Å². The Hall–Kier alpha value is -1.84. The predicted molar refractivity (Wildman–Crippen MR) is 51.1 cm³/mol. The van der Waals surface area contributed by atoms with Gasteiger partial charge in [0.05, 0.1) is 18.5 Å². The van der Waals surface area contributed by atoms with Crippen LogP contribution in [0, 0.1) is 0 Å². The Morgan fingerprint density at radius 1 is 1.00 bits per heavy atom. The molecule has 70 valence electrons. The fraction of sp³-hybridized carbons (Fsp3) is 0.200. The molecule has 0 bridgehead atoms. The second kappa shape index (κ2) is 2.35. The lowest BCUT2D eigenvalue weighted by Gasteiger charge is -2.04. The van der Waals surface area contributed by atoms with E-state index in [0.717, 1.165) is 22.5 Å². The highest BCUT2D eigenvalue weighted by Crippen LogP contribution is 2.35. The van der Waals surface area contributed by atoms with Crippen LogP contribution in [0.2, 0.25) is 0 Å². The van der Waals surface area contributed by atoms with Crippen LogP contribution in [0.25, 0.3) is 0 Å². The minimum Gasteiger partial charge on any atom is -0.325 e. The molecule has 2 aliphatic heterocycles. The minimum absolute atomic E-state index is 0.00505. The van der Waals surface area contributed by atoms with Gasteiger partial charge >= 0.3 is 0 Å². The fourth-order valence-corrected chi connectivity index (χ4v) is 2.01. The minimum atomic E-state index is -0.00505. The lowest BCUT2D eigenvalue weighted by Crippen LogP contribution is -2.05. The van der Waals surface area contributed by atoms with Crippen LogP contribution in [0.4, 0.5) is 11.4 Å². The van der Waals surface area contributed by atoms with Crippen molar-refractivity contribution in [3.63, 3.8) is 0 Å². The standard InChI is InChI=1S/C10H8N2O2/c13-8-3-5-1-2-7-6(10(5)12-8)4-9(14)11-7/h1-2H,3-4H2,(H,11,14)(H,12,13). The molecule has 1 aromatic rings. The monoisotopic (exact) mass is 188 g/mol. The molecule has 14 heavy (non-hydrogen) atoms. The first-order valence-electron chi connectivity index (χ1n) is 4.48. The summed E-state index contributed by atoms with van der Waals surface area (Å²) in [6.45, 7) is 0. The van der Waals surface area contributed by atoms with Crippen molar-refractivity contribution in [1.82, 2.24) is 0 Å². The van der Waals surface area contributed by atoms with Crippen LogP contribution in [-0.4, -0.2) is 11.8 Å². The second-order valence-corrected chi connectivity index (χ2v) is 3.58. The van der Waals surface area contributed by atoms with Gasteiger partial charge in [-0.1, -0.05) is 6.07 Å². The van der Waals surface area contributed by atoms with Gasteiger partial charge in [-0.15, -0.1) is 0 Å². The Morgan fingerprint density at radius 3 is 2.64 bits per heavy atom. The molecule has 2 N–H and O–H groups in total. The van der Waals surface area contributed by atoms with Crippen LogP contribution in [0.1, 0.15) is 11.1 Å². The van der Waals surface area contributed by atoms with Gasteiger partial charge in [0.15, 0.2) is 0 Å². The van der Waals surface area contributed by atoms with Crippen LogP contribution in [0.5, 0.6) is 0 Å². The van der Waals surface area contributed by atoms with Gasteiger partial charge in [-0.3, -0.25) is 9.59 Å². The van der Waals surface area contributed by atoms with E-state index in [1.807, 2.05) is 12.1 Å². The van der Waals surface area contributed by atoms with Crippen LogP contribution < -0.4 is 10.6 Å². The highest BCUT2D eigenvalue weighted by molar-refractivity contribution is 6.07. The molecular formula is C10H8N2O2. The van der Waals surface area contributed by atoms with E-state index >= 15 is 0 Å². The molecule has 0 unspecified atom stereocenters. The van der Waals surface area contributed by atoms with E-state index in [2.05, 4.69) is 10.6 Å². The number of carbonyl (C=O) groups is 2. The average Bonchev–Trinajstić information content (AvgIpc) is 2.65. The van der Waals surface area contributed by atoms with Crippen molar-refractivity contribution in [2.75, 3.05) is 10.6 Å². The largest absolute Gasteiger partial charge is 0.325 e. The number of hydrogen-bond acceptors (Lipinski definition) is 2. The Labute approximate surface area is 80.3 Å². The Morgan fingerprint density at radius 2 is 1.79 bits per heavy atom. The van der Waals surface area contributed by atoms with E-state index in [1.165, 1.54) is 0 Å². The molecule has 0 radical (unpaired) electrons. The maximum Gasteiger partial charge on any atom is 0.228 e. The highest BCUT2D eigenvalue weighted by Gasteiger charge is 2.27. The molecule has 0 atom stereocenters. The zero-order valence-corrected chi connectivity index (χ0v) is 7.39. The first-order valence-corrected chi connectivity index (χ1v) is 4.48. The Balaban J connectivity index is 2.19. The zero-order chi connectivity index (χ0) is 9.71. The first-order chi connectivity index (χ1) is 6.74. The summed E-state index contributed by atoms with van der Waals surface area (Å²) in [5, 5.41) is 5.54. The SMILES string of the molecule is O=C1Cc2c(ccc3c2NC(=O)C3)N1. The quantitative estimate of drug-likeness (QED) is 0.628. The number of carbonyl (C=O) groups excluding carboxylic acids is 2. The molecule has 4 heteroatoms. The van der Waals surface area contributed by atoms with Crippen molar-refractivity contribution in [1.29, 1.82) is 0 Å². The van der Waals surface area contributed by atoms with Gasteiger partial charge in [0.25, 0.3) is 0 Å². The molecule has 0 spiro atoms. The first kappa shape index (κ1) is 7.55. The van der Waals surface area contributed by atoms with Crippen LogP contribution in [0.15, 0.2) is 12.1 Å². The van der Waals surface area contributed by atoms with Gasteiger partial charge in [0.2, 0.25) is 11.8 Å². The third-order valence-corrected chi connectivity index (χ3v) is 2.63. The number of amides is 2. The summed E-state index contributed by atoms with van der Waals surface area (Å²) in [5.74, 6) is 0.00213. The molecule has 2 heterocycles. The van der Waals surface area contributed by atoms with Crippen molar-refractivity contribution >= 4 is 23.2 Å². The molecule has 2 aliphatic rings. The van der Waals surface area contributed by atoms with Gasteiger partial charge < -0.3 is 10.6 Å². The van der Waals surface area contributed by atoms with E-state index in [-0.39, 0.29) is 11.8 Å². The molecular weight excluding hydrogens is 180 g/mol. The van der Waals surface area contributed by atoms with E-state index in [9.17, 15) is 9.59 Å². The maximum absolute atomic E-state index is 11.2. The lowest BCUT2D eigenvalue weighted by atomic mass is 10.1.